The van der Waals surface area contributed by atoms with Crippen LogP contribution in [-0.2, 0) is 0 Å². The van der Waals surface area contributed by atoms with E-state index in [4.69, 9.17) is 0 Å². The monoisotopic (exact) mass is 163 g/mol. The van der Waals surface area contributed by atoms with Crippen LogP contribution in [0.15, 0.2) is 41.1 Å². The van der Waals surface area contributed by atoms with Crippen LogP contribution >= 0.6 is 0 Å². The fourth-order valence-electron chi connectivity index (χ4n) is 0.676. The van der Waals surface area contributed by atoms with E-state index in [9.17, 15) is 0 Å². The van der Waals surface area contributed by atoms with Crippen LogP contribution < -0.4 is 0 Å². The van der Waals surface area contributed by atoms with Crippen molar-refractivity contribution in [2.24, 2.45) is 4.99 Å². The third-order valence-corrected chi connectivity index (χ3v) is 1.38. The van der Waals surface area contributed by atoms with Gasteiger partial charge in [-0.25, -0.2) is 0 Å². The van der Waals surface area contributed by atoms with Gasteiger partial charge in [-0.15, -0.1) is 0 Å². The Morgan fingerprint density at radius 3 is 1.92 bits per heavy atom. The summed E-state index contributed by atoms with van der Waals surface area (Å²) in [6.07, 6.45) is 1.95. The zero-order valence-electron chi connectivity index (χ0n) is 8.44. The smallest absolute Gasteiger partial charge is 0.0560 e. The van der Waals surface area contributed by atoms with E-state index in [1.165, 1.54) is 5.57 Å². The highest BCUT2D eigenvalue weighted by Crippen LogP contribution is 2.03. The van der Waals surface area contributed by atoms with Gasteiger partial charge in [-0.2, -0.15) is 0 Å². The molecule has 0 aromatic carbocycles. The summed E-state index contributed by atoms with van der Waals surface area (Å²) in [6.45, 7) is 15.5. The lowest BCUT2D eigenvalue weighted by atomic mass is 10.2. The molecule has 0 aliphatic heterocycles. The lowest BCUT2D eigenvalue weighted by Crippen LogP contribution is -1.91. The molecule has 66 valence electrons. The van der Waals surface area contributed by atoms with Crippen molar-refractivity contribution in [1.29, 1.82) is 0 Å². The van der Waals surface area contributed by atoms with Crippen LogP contribution in [0.25, 0.3) is 0 Å². The van der Waals surface area contributed by atoms with E-state index in [1.54, 1.807) is 0 Å². The van der Waals surface area contributed by atoms with Gasteiger partial charge in [-0.05, 0) is 39.3 Å². The topological polar surface area (TPSA) is 12.4 Å². The minimum Gasteiger partial charge on any atom is -0.254 e. The maximum atomic E-state index is 4.26. The summed E-state index contributed by atoms with van der Waals surface area (Å²) in [6, 6.07) is 0. The Bertz CT molecular complexity index is 250. The average Bonchev–Trinajstić information content (AvgIpc) is 1.84. The quantitative estimate of drug-likeness (QED) is 0.446. The largest absolute Gasteiger partial charge is 0.254 e. The van der Waals surface area contributed by atoms with Crippen molar-refractivity contribution < 1.29 is 0 Å². The van der Waals surface area contributed by atoms with Gasteiger partial charge in [0.15, 0.2) is 0 Å². The van der Waals surface area contributed by atoms with E-state index in [0.29, 0.717) is 0 Å². The van der Waals surface area contributed by atoms with E-state index >= 15 is 0 Å². The van der Waals surface area contributed by atoms with E-state index in [2.05, 4.69) is 18.2 Å². The van der Waals surface area contributed by atoms with Crippen LogP contribution in [0.3, 0.4) is 0 Å². The molecule has 0 aromatic rings. The van der Waals surface area contributed by atoms with Crippen molar-refractivity contribution in [2.75, 3.05) is 0 Å². The SMILES string of the molecule is C=C(C=C(C)C)N=C(C)C(=C)C. The van der Waals surface area contributed by atoms with Gasteiger partial charge in [0.05, 0.1) is 5.70 Å². The number of aliphatic imine (C=N–C) groups is 1. The Morgan fingerprint density at radius 2 is 1.58 bits per heavy atom. The van der Waals surface area contributed by atoms with Crippen LogP contribution in [0.1, 0.15) is 27.7 Å². The number of nitrogens with zero attached hydrogens (tertiary/aromatic N) is 1. The first-order valence-corrected chi connectivity index (χ1v) is 3.98. The molecule has 0 fully saturated rings. The number of rotatable bonds is 3. The molecule has 12 heavy (non-hydrogen) atoms. The Hall–Kier alpha value is -1.11. The van der Waals surface area contributed by atoms with E-state index in [-0.39, 0.29) is 0 Å². The average molecular weight is 163 g/mol. The molecule has 0 bridgehead atoms. The highest BCUT2D eigenvalue weighted by molar-refractivity contribution is 5.97. The maximum Gasteiger partial charge on any atom is 0.0560 e. The van der Waals surface area contributed by atoms with Gasteiger partial charge in [0.1, 0.15) is 0 Å². The van der Waals surface area contributed by atoms with Crippen LogP contribution in [0.5, 0.6) is 0 Å². The second-order valence-corrected chi connectivity index (χ2v) is 3.19. The third kappa shape index (κ3) is 4.67. The Labute approximate surface area is 75.2 Å². The van der Waals surface area contributed by atoms with Gasteiger partial charge in [-0.1, -0.05) is 18.7 Å². The summed E-state index contributed by atoms with van der Waals surface area (Å²) in [5, 5.41) is 0. The van der Waals surface area contributed by atoms with Gasteiger partial charge in [0.2, 0.25) is 0 Å². The molecule has 1 heteroatoms. The first-order chi connectivity index (χ1) is 5.43. The summed E-state index contributed by atoms with van der Waals surface area (Å²) in [5.74, 6) is 0. The maximum absolute atomic E-state index is 4.26. The zero-order chi connectivity index (χ0) is 9.72. The second-order valence-electron chi connectivity index (χ2n) is 3.19. The number of allylic oxidation sites excluding steroid dienone is 3. The molecule has 0 atom stereocenters. The highest BCUT2D eigenvalue weighted by Gasteiger charge is 1.91. The highest BCUT2D eigenvalue weighted by atomic mass is 14.7. The second kappa shape index (κ2) is 4.70. The molecular weight excluding hydrogens is 146 g/mol. The van der Waals surface area contributed by atoms with Gasteiger partial charge < -0.3 is 0 Å². The molecule has 0 spiro atoms. The molecule has 0 aliphatic carbocycles. The molecule has 0 amide bonds. The van der Waals surface area contributed by atoms with Crippen LogP contribution in [0.4, 0.5) is 0 Å². The van der Waals surface area contributed by atoms with E-state index in [0.717, 1.165) is 17.0 Å². The van der Waals surface area contributed by atoms with Crippen LogP contribution in [0.2, 0.25) is 0 Å². The fourth-order valence-corrected chi connectivity index (χ4v) is 0.676. The number of hydrogen-bond donors (Lipinski definition) is 0. The predicted molar refractivity (Wildman–Crippen MR) is 56.5 cm³/mol. The molecule has 1 nitrogen and oxygen atoms in total. The van der Waals surface area contributed by atoms with Crippen molar-refractivity contribution in [3.05, 3.63) is 36.1 Å². The summed E-state index contributed by atoms with van der Waals surface area (Å²) in [7, 11) is 0. The predicted octanol–water partition coefficient (Wildman–Crippen LogP) is 3.50. The minimum absolute atomic E-state index is 0.788. The van der Waals surface area contributed by atoms with E-state index < -0.39 is 0 Å². The van der Waals surface area contributed by atoms with Gasteiger partial charge >= 0.3 is 0 Å². The number of hydrogen-bond acceptors (Lipinski definition) is 1. The molecule has 0 unspecified atom stereocenters. The molecule has 0 radical (unpaired) electrons. The van der Waals surface area contributed by atoms with Crippen LogP contribution in [-0.4, -0.2) is 5.71 Å². The zero-order valence-corrected chi connectivity index (χ0v) is 8.44. The fraction of sp³-hybridized carbons (Fsp3) is 0.364. The molecule has 0 heterocycles. The first kappa shape index (κ1) is 10.9. The molecule has 0 aromatic heterocycles. The van der Waals surface area contributed by atoms with Crippen molar-refractivity contribution in [2.45, 2.75) is 27.7 Å². The summed E-state index contributed by atoms with van der Waals surface area (Å²) < 4.78 is 0. The molecule has 0 saturated heterocycles. The lowest BCUT2D eigenvalue weighted by Gasteiger charge is -1.98. The van der Waals surface area contributed by atoms with Gasteiger partial charge in [0, 0.05) is 5.71 Å². The first-order valence-electron chi connectivity index (χ1n) is 3.98. The molecule has 0 N–H and O–H groups in total. The molecule has 0 aliphatic rings. The molecule has 0 saturated carbocycles. The molecule has 0 rings (SSSR count). The normalized spacial score (nSPS) is 10.8. The standard InChI is InChI=1S/C11H17N/c1-8(2)7-10(5)12-11(6)9(3)4/h7H,3,5H2,1-2,4,6H3. The van der Waals surface area contributed by atoms with Gasteiger partial charge in [0.25, 0.3) is 0 Å². The van der Waals surface area contributed by atoms with Crippen molar-refractivity contribution in [3.8, 4) is 0 Å². The summed E-state index contributed by atoms with van der Waals surface area (Å²) in [4.78, 5) is 4.26. The Balaban J connectivity index is 4.46. The van der Waals surface area contributed by atoms with E-state index in [1.807, 2.05) is 33.8 Å². The summed E-state index contributed by atoms with van der Waals surface area (Å²) >= 11 is 0. The van der Waals surface area contributed by atoms with Crippen LogP contribution in [0, 0.1) is 0 Å². The van der Waals surface area contributed by atoms with Crippen molar-refractivity contribution in [1.82, 2.24) is 0 Å². The van der Waals surface area contributed by atoms with Crippen molar-refractivity contribution >= 4 is 5.71 Å². The summed E-state index contributed by atoms with van der Waals surface area (Å²) in [5.41, 5.74) is 3.92. The molecular formula is C11H17N. The minimum atomic E-state index is 0.788. The Morgan fingerprint density at radius 1 is 1.08 bits per heavy atom. The van der Waals surface area contributed by atoms with Gasteiger partial charge in [-0.3, -0.25) is 4.99 Å². The lowest BCUT2D eigenvalue weighted by molar-refractivity contribution is 1.31. The van der Waals surface area contributed by atoms with Crippen molar-refractivity contribution in [3.63, 3.8) is 0 Å². The third-order valence-electron chi connectivity index (χ3n) is 1.38. The Kier molecular flexibility index (Phi) is 4.27.